The number of aliphatic hydroxyl groups is 1. The van der Waals surface area contributed by atoms with E-state index in [9.17, 15) is 13.5 Å². The van der Waals surface area contributed by atoms with Crippen molar-refractivity contribution in [3.63, 3.8) is 0 Å². The lowest BCUT2D eigenvalue weighted by Crippen LogP contribution is -2.39. The number of hydrogen-bond donors (Lipinski definition) is 2. The fraction of sp³-hybridized carbons (Fsp3) is 0.462. The maximum Gasteiger partial charge on any atom is 0.244 e. The zero-order valence-corrected chi connectivity index (χ0v) is 12.0. The third kappa shape index (κ3) is 2.77. The SMILES string of the molecule is CN(CC1CC(O)C1)S(=O)(=O)c1ccc(C#N)cc1N. The van der Waals surface area contributed by atoms with Gasteiger partial charge in [-0.15, -0.1) is 0 Å². The fourth-order valence-corrected chi connectivity index (χ4v) is 3.67. The molecule has 1 aliphatic carbocycles. The molecule has 0 atom stereocenters. The minimum absolute atomic E-state index is 0.0128. The Morgan fingerprint density at radius 2 is 2.15 bits per heavy atom. The van der Waals surface area contributed by atoms with Crippen LogP contribution in [-0.4, -0.2) is 37.5 Å². The third-order valence-electron chi connectivity index (χ3n) is 3.55. The summed E-state index contributed by atoms with van der Waals surface area (Å²) < 4.78 is 26.1. The highest BCUT2D eigenvalue weighted by Crippen LogP contribution is 2.30. The van der Waals surface area contributed by atoms with Crippen LogP contribution in [0.5, 0.6) is 0 Å². The number of nitrogens with zero attached hydrogens (tertiary/aromatic N) is 2. The summed E-state index contributed by atoms with van der Waals surface area (Å²) in [5.74, 6) is 0.185. The molecule has 2 rings (SSSR count). The Morgan fingerprint density at radius 3 is 2.65 bits per heavy atom. The minimum atomic E-state index is -3.67. The summed E-state index contributed by atoms with van der Waals surface area (Å²) >= 11 is 0. The highest BCUT2D eigenvalue weighted by Gasteiger charge is 2.32. The average Bonchev–Trinajstić information content (AvgIpc) is 2.36. The molecule has 0 aromatic heterocycles. The Balaban J connectivity index is 2.19. The lowest BCUT2D eigenvalue weighted by atomic mass is 9.82. The van der Waals surface area contributed by atoms with Gasteiger partial charge in [-0.25, -0.2) is 12.7 Å². The summed E-state index contributed by atoms with van der Waals surface area (Å²) in [5.41, 5.74) is 6.12. The fourth-order valence-electron chi connectivity index (χ4n) is 2.33. The van der Waals surface area contributed by atoms with E-state index in [2.05, 4.69) is 0 Å². The molecule has 0 heterocycles. The molecular formula is C13H17N3O3S. The number of rotatable bonds is 4. The largest absolute Gasteiger partial charge is 0.398 e. The molecule has 1 fully saturated rings. The Morgan fingerprint density at radius 1 is 1.50 bits per heavy atom. The number of benzene rings is 1. The first-order chi connectivity index (χ1) is 9.34. The molecular weight excluding hydrogens is 278 g/mol. The van der Waals surface area contributed by atoms with Crippen molar-refractivity contribution in [2.24, 2.45) is 5.92 Å². The van der Waals surface area contributed by atoms with Crippen LogP contribution in [0.15, 0.2) is 23.1 Å². The Labute approximate surface area is 118 Å². The second-order valence-corrected chi connectivity index (χ2v) is 7.15. The maximum absolute atomic E-state index is 12.4. The molecule has 20 heavy (non-hydrogen) atoms. The van der Waals surface area contributed by atoms with Crippen LogP contribution in [0, 0.1) is 17.2 Å². The zero-order valence-electron chi connectivity index (χ0n) is 11.2. The van der Waals surface area contributed by atoms with E-state index in [1.54, 1.807) is 0 Å². The van der Waals surface area contributed by atoms with Crippen LogP contribution in [0.2, 0.25) is 0 Å². The van der Waals surface area contributed by atoms with E-state index in [-0.39, 0.29) is 22.6 Å². The predicted octanol–water partition coefficient (Wildman–Crippen LogP) is 0.532. The molecule has 0 unspecified atom stereocenters. The van der Waals surface area contributed by atoms with Crippen LogP contribution in [0.4, 0.5) is 5.69 Å². The van der Waals surface area contributed by atoms with Gasteiger partial charge in [-0.1, -0.05) is 0 Å². The van der Waals surface area contributed by atoms with Gasteiger partial charge >= 0.3 is 0 Å². The molecule has 0 spiro atoms. The molecule has 7 heteroatoms. The van der Waals surface area contributed by atoms with Crippen LogP contribution < -0.4 is 5.73 Å². The van der Waals surface area contributed by atoms with Crippen molar-refractivity contribution in [1.29, 1.82) is 5.26 Å². The van der Waals surface area contributed by atoms with Crippen LogP contribution in [0.3, 0.4) is 0 Å². The van der Waals surface area contributed by atoms with Crippen molar-refractivity contribution >= 4 is 15.7 Å². The van der Waals surface area contributed by atoms with E-state index in [0.717, 1.165) is 0 Å². The number of nitrogen functional groups attached to an aromatic ring is 1. The van der Waals surface area contributed by atoms with E-state index in [0.29, 0.717) is 24.9 Å². The molecule has 6 nitrogen and oxygen atoms in total. The number of anilines is 1. The molecule has 0 bridgehead atoms. The maximum atomic E-state index is 12.4. The lowest BCUT2D eigenvalue weighted by Gasteiger charge is -2.34. The Kier molecular flexibility index (Phi) is 3.99. The van der Waals surface area contributed by atoms with Gasteiger partial charge in [-0.2, -0.15) is 5.26 Å². The third-order valence-corrected chi connectivity index (χ3v) is 5.45. The van der Waals surface area contributed by atoms with E-state index in [1.807, 2.05) is 6.07 Å². The van der Waals surface area contributed by atoms with E-state index < -0.39 is 10.0 Å². The van der Waals surface area contributed by atoms with Crippen molar-refractivity contribution in [3.8, 4) is 6.07 Å². The van der Waals surface area contributed by atoms with Gasteiger partial charge in [0.15, 0.2) is 0 Å². The van der Waals surface area contributed by atoms with Crippen molar-refractivity contribution in [3.05, 3.63) is 23.8 Å². The standard InChI is InChI=1S/C13H17N3O3S/c1-16(8-10-4-11(17)5-10)20(18,19)13-3-2-9(7-14)6-12(13)15/h2-3,6,10-11,17H,4-5,8,15H2,1H3. The summed E-state index contributed by atoms with van der Waals surface area (Å²) in [7, 11) is -2.17. The number of nitriles is 1. The van der Waals surface area contributed by atoms with Crippen molar-refractivity contribution in [1.82, 2.24) is 4.31 Å². The van der Waals surface area contributed by atoms with Crippen molar-refractivity contribution in [2.75, 3.05) is 19.3 Å². The van der Waals surface area contributed by atoms with Crippen LogP contribution in [0.25, 0.3) is 0 Å². The van der Waals surface area contributed by atoms with Crippen molar-refractivity contribution < 1.29 is 13.5 Å². The number of aliphatic hydroxyl groups excluding tert-OH is 1. The van der Waals surface area contributed by atoms with Gasteiger partial charge in [0, 0.05) is 13.6 Å². The molecule has 1 aromatic rings. The molecule has 3 N–H and O–H groups in total. The van der Waals surface area contributed by atoms with Gasteiger partial charge < -0.3 is 10.8 Å². The van der Waals surface area contributed by atoms with Crippen molar-refractivity contribution in [2.45, 2.75) is 23.8 Å². The molecule has 0 saturated heterocycles. The summed E-state index contributed by atoms with van der Waals surface area (Å²) in [6.45, 7) is 0.360. The average molecular weight is 295 g/mol. The topological polar surface area (TPSA) is 107 Å². The summed E-state index contributed by atoms with van der Waals surface area (Å²) in [5, 5.41) is 18.0. The first-order valence-electron chi connectivity index (χ1n) is 6.28. The number of sulfonamides is 1. The van der Waals surface area contributed by atoms with Crippen LogP contribution in [-0.2, 0) is 10.0 Å². The second-order valence-electron chi connectivity index (χ2n) is 5.14. The van der Waals surface area contributed by atoms with Gasteiger partial charge in [-0.3, -0.25) is 0 Å². The van der Waals surface area contributed by atoms with Gasteiger partial charge in [0.2, 0.25) is 10.0 Å². The molecule has 1 aliphatic rings. The molecule has 108 valence electrons. The monoisotopic (exact) mass is 295 g/mol. The first-order valence-corrected chi connectivity index (χ1v) is 7.72. The van der Waals surface area contributed by atoms with Gasteiger partial charge in [-0.05, 0) is 37.0 Å². The molecule has 1 saturated carbocycles. The summed E-state index contributed by atoms with van der Waals surface area (Å²) in [6.07, 6.45) is 0.946. The summed E-state index contributed by atoms with van der Waals surface area (Å²) in [6, 6.07) is 6.06. The van der Waals surface area contributed by atoms with E-state index in [1.165, 1.54) is 29.6 Å². The highest BCUT2D eigenvalue weighted by atomic mass is 32.2. The molecule has 0 radical (unpaired) electrons. The van der Waals surface area contributed by atoms with Gasteiger partial charge in [0.1, 0.15) is 4.90 Å². The van der Waals surface area contributed by atoms with E-state index >= 15 is 0 Å². The van der Waals surface area contributed by atoms with Gasteiger partial charge in [0.05, 0.1) is 23.4 Å². The molecule has 1 aromatic carbocycles. The zero-order chi connectivity index (χ0) is 14.9. The van der Waals surface area contributed by atoms with E-state index in [4.69, 9.17) is 11.0 Å². The first kappa shape index (κ1) is 14.8. The lowest BCUT2D eigenvalue weighted by molar-refractivity contribution is 0.0367. The van der Waals surface area contributed by atoms with Crippen LogP contribution in [0.1, 0.15) is 18.4 Å². The Hall–Kier alpha value is -1.62. The number of hydrogen-bond acceptors (Lipinski definition) is 5. The molecule has 0 aliphatic heterocycles. The summed E-state index contributed by atoms with van der Waals surface area (Å²) in [4.78, 5) is 0.0128. The normalized spacial score (nSPS) is 22.3. The number of nitrogens with two attached hydrogens (primary N) is 1. The predicted molar refractivity (Wildman–Crippen MR) is 74.1 cm³/mol. The Bertz CT molecular complexity index is 645. The van der Waals surface area contributed by atoms with Gasteiger partial charge in [0.25, 0.3) is 0 Å². The minimum Gasteiger partial charge on any atom is -0.398 e. The smallest absolute Gasteiger partial charge is 0.244 e. The molecule has 0 amide bonds. The van der Waals surface area contributed by atoms with Crippen LogP contribution >= 0.6 is 0 Å². The highest BCUT2D eigenvalue weighted by molar-refractivity contribution is 7.89. The quantitative estimate of drug-likeness (QED) is 0.788. The second kappa shape index (κ2) is 5.40.